The van der Waals surface area contributed by atoms with Gasteiger partial charge in [-0.15, -0.1) is 0 Å². The molecule has 0 amide bonds. The van der Waals surface area contributed by atoms with Crippen LogP contribution in [0.2, 0.25) is 6.32 Å². The minimum Gasteiger partial charge on any atom is -0.0853 e. The van der Waals surface area contributed by atoms with Crippen LogP contribution in [0.25, 0.3) is 0 Å². The number of hydrogen-bond donors (Lipinski definition) is 0. The Bertz CT molecular complexity index is 68.2. The molecule has 0 aliphatic heterocycles. The maximum atomic E-state index is 2.28. The standard InChI is InChI=1S/C5H19B7/c1-2-3-4-5-7-9-11-12-10-8-6/h7-12H,2-6H2,1H3. The van der Waals surface area contributed by atoms with E-state index in [0.29, 0.717) is 0 Å². The van der Waals surface area contributed by atoms with Crippen molar-refractivity contribution in [2.24, 2.45) is 0 Å². The highest BCUT2D eigenvalue weighted by Gasteiger charge is 1.97. The zero-order valence-corrected chi connectivity index (χ0v) is 9.07. The molecule has 0 nitrogen and oxygen atoms in total. The van der Waals surface area contributed by atoms with Gasteiger partial charge in [0.15, 0.2) is 0 Å². The quantitative estimate of drug-likeness (QED) is 0.251. The molecule has 12 heavy (non-hydrogen) atoms. The lowest BCUT2D eigenvalue weighted by Crippen LogP contribution is -2.26. The molecule has 0 aliphatic rings. The Morgan fingerprint density at radius 3 is 2.42 bits per heavy atom. The summed E-state index contributed by atoms with van der Waals surface area (Å²) in [4.78, 5) is 0. The van der Waals surface area contributed by atoms with Crippen LogP contribution in [0.5, 0.6) is 0 Å². The van der Waals surface area contributed by atoms with E-state index in [-0.39, 0.29) is 0 Å². The van der Waals surface area contributed by atoms with E-state index in [1.807, 2.05) is 0 Å². The van der Waals surface area contributed by atoms with Gasteiger partial charge in [0, 0.05) is 35.3 Å². The molecule has 0 aromatic carbocycles. The normalized spacial score (nSPS) is 8.42. The van der Waals surface area contributed by atoms with E-state index in [1.54, 1.807) is 0 Å². The van der Waals surface area contributed by atoms with Crippen LogP contribution in [0.1, 0.15) is 26.2 Å². The second-order valence-corrected chi connectivity index (χ2v) is 3.83. The average Bonchev–Trinajstić information content (AvgIpc) is 2.10. The molecule has 0 spiro atoms. The molecule has 0 aromatic rings. The molecular formula is C5H19B7. The highest BCUT2D eigenvalue weighted by atomic mass is 13.8. The average molecular weight is 155 g/mol. The van der Waals surface area contributed by atoms with Gasteiger partial charge in [0.05, 0.1) is 14.9 Å². The highest BCUT2D eigenvalue weighted by molar-refractivity contribution is 7.61. The van der Waals surface area contributed by atoms with Crippen LogP contribution in [0.15, 0.2) is 0 Å². The SMILES string of the molecule is BBBBBBBCCCCC. The van der Waals surface area contributed by atoms with Crippen LogP contribution < -0.4 is 0 Å². The molecular weight excluding hydrogens is 136 g/mol. The van der Waals surface area contributed by atoms with Gasteiger partial charge in [-0.3, -0.25) is 0 Å². The Kier molecular flexibility index (Phi) is 11.9. The van der Waals surface area contributed by atoms with Crippen molar-refractivity contribution in [1.29, 1.82) is 0 Å². The monoisotopic (exact) mass is 156 g/mol. The summed E-state index contributed by atoms with van der Waals surface area (Å²) in [6, 6.07) is 0. The zero-order valence-electron chi connectivity index (χ0n) is 9.07. The molecule has 0 aliphatic carbocycles. The molecule has 0 aromatic heterocycles. The van der Waals surface area contributed by atoms with Crippen LogP contribution >= 0.6 is 0 Å². The number of rotatable bonds is 9. The van der Waals surface area contributed by atoms with Crippen molar-refractivity contribution >= 4 is 50.2 Å². The van der Waals surface area contributed by atoms with E-state index >= 15 is 0 Å². The van der Waals surface area contributed by atoms with Crippen LogP contribution in [-0.4, -0.2) is 50.2 Å². The molecule has 0 saturated carbocycles. The summed E-state index contributed by atoms with van der Waals surface area (Å²) < 4.78 is 0. The minimum absolute atomic E-state index is 1.37. The molecule has 0 unspecified atom stereocenters. The topological polar surface area (TPSA) is 0 Å². The summed E-state index contributed by atoms with van der Waals surface area (Å²) >= 11 is 0. The van der Waals surface area contributed by atoms with Gasteiger partial charge in [-0.05, 0) is 0 Å². The van der Waals surface area contributed by atoms with Gasteiger partial charge >= 0.3 is 0 Å². The Morgan fingerprint density at radius 1 is 1.00 bits per heavy atom. The minimum atomic E-state index is 1.37. The van der Waals surface area contributed by atoms with E-state index in [2.05, 4.69) is 14.7 Å². The van der Waals surface area contributed by atoms with Gasteiger partial charge < -0.3 is 0 Å². The lowest BCUT2D eigenvalue weighted by molar-refractivity contribution is 0.770. The molecule has 0 atom stereocenters. The molecule has 0 saturated heterocycles. The van der Waals surface area contributed by atoms with Gasteiger partial charge in [0.2, 0.25) is 0 Å². The molecule has 0 N–H and O–H groups in total. The maximum absolute atomic E-state index is 2.28. The largest absolute Gasteiger partial charge is 0.0853 e. The van der Waals surface area contributed by atoms with E-state index < -0.39 is 0 Å². The van der Waals surface area contributed by atoms with Crippen LogP contribution in [0.3, 0.4) is 0 Å². The first-order valence-corrected chi connectivity index (χ1v) is 5.91. The second kappa shape index (κ2) is 11.5. The smallest absolute Gasteiger partial charge is 0.0776 e. The van der Waals surface area contributed by atoms with Crippen molar-refractivity contribution in [3.63, 3.8) is 0 Å². The fourth-order valence-electron chi connectivity index (χ4n) is 1.56. The van der Waals surface area contributed by atoms with Crippen LogP contribution in [0, 0.1) is 0 Å². The lowest BCUT2D eigenvalue weighted by Gasteiger charge is -1.94. The van der Waals surface area contributed by atoms with Crippen molar-refractivity contribution < 1.29 is 0 Å². The molecule has 0 fully saturated rings. The van der Waals surface area contributed by atoms with Crippen molar-refractivity contribution in [2.45, 2.75) is 32.5 Å². The third kappa shape index (κ3) is 10.5. The van der Waals surface area contributed by atoms with E-state index in [1.165, 1.54) is 68.1 Å². The number of hydrogen-bond acceptors (Lipinski definition) is 0. The second-order valence-electron chi connectivity index (χ2n) is 3.83. The van der Waals surface area contributed by atoms with Crippen molar-refractivity contribution in [3.8, 4) is 0 Å². The van der Waals surface area contributed by atoms with E-state index in [9.17, 15) is 0 Å². The van der Waals surface area contributed by atoms with Crippen molar-refractivity contribution in [2.75, 3.05) is 0 Å². The van der Waals surface area contributed by atoms with Gasteiger partial charge in [0.1, 0.15) is 0 Å². The van der Waals surface area contributed by atoms with Gasteiger partial charge in [-0.25, -0.2) is 0 Å². The molecule has 60 valence electrons. The third-order valence-electron chi connectivity index (χ3n) is 2.46. The molecule has 0 radical (unpaired) electrons. The maximum Gasteiger partial charge on any atom is 0.0776 e. The summed E-state index contributed by atoms with van der Waals surface area (Å²) in [6.45, 7) is 2.28. The first-order valence-electron chi connectivity index (χ1n) is 5.91. The summed E-state index contributed by atoms with van der Waals surface area (Å²) in [5.74, 6) is 0. The van der Waals surface area contributed by atoms with Crippen LogP contribution in [0.4, 0.5) is 0 Å². The molecule has 7 heteroatoms. The molecule has 0 bridgehead atoms. The van der Waals surface area contributed by atoms with Crippen molar-refractivity contribution in [3.05, 3.63) is 0 Å². The Labute approximate surface area is 83.2 Å². The van der Waals surface area contributed by atoms with Gasteiger partial charge in [-0.1, -0.05) is 32.5 Å². The fraction of sp³-hybridized carbons (Fsp3) is 1.00. The number of unbranched alkanes of at least 4 members (excludes halogenated alkanes) is 2. The Balaban J connectivity index is 2.73. The van der Waals surface area contributed by atoms with E-state index in [0.717, 1.165) is 0 Å². The van der Waals surface area contributed by atoms with Crippen LogP contribution in [-0.2, 0) is 0 Å². The zero-order chi connectivity index (χ0) is 9.07. The Hall–Kier alpha value is 0.455. The van der Waals surface area contributed by atoms with Crippen molar-refractivity contribution in [1.82, 2.24) is 0 Å². The Morgan fingerprint density at radius 2 is 1.75 bits per heavy atom. The summed E-state index contributed by atoms with van der Waals surface area (Å²) in [6.07, 6.45) is 5.75. The van der Waals surface area contributed by atoms with Gasteiger partial charge in [0.25, 0.3) is 0 Å². The molecule has 0 rings (SSSR count). The van der Waals surface area contributed by atoms with E-state index in [4.69, 9.17) is 0 Å². The first kappa shape index (κ1) is 12.5. The highest BCUT2D eigenvalue weighted by Crippen LogP contribution is 1.97. The third-order valence-corrected chi connectivity index (χ3v) is 2.46. The lowest BCUT2D eigenvalue weighted by atomic mass is 8.95. The van der Waals surface area contributed by atoms with Gasteiger partial charge in [-0.2, -0.15) is 0 Å². The summed E-state index contributed by atoms with van der Waals surface area (Å²) in [7, 11) is 11.0. The fourth-order valence-corrected chi connectivity index (χ4v) is 1.56. The first-order chi connectivity index (χ1) is 5.91. The summed E-state index contributed by atoms with van der Waals surface area (Å²) in [5, 5.41) is 0. The molecule has 0 heterocycles. The predicted molar refractivity (Wildman–Crippen MR) is 75.8 cm³/mol. The predicted octanol–water partition coefficient (Wildman–Crippen LogP) is -2.66. The summed E-state index contributed by atoms with van der Waals surface area (Å²) in [5.41, 5.74) is 0.